The van der Waals surface area contributed by atoms with Crippen molar-refractivity contribution in [3.05, 3.63) is 51.8 Å². The average Bonchev–Trinajstić information content (AvgIpc) is 2.52. The Morgan fingerprint density at radius 2 is 2.13 bits per heavy atom. The van der Waals surface area contributed by atoms with E-state index in [9.17, 15) is 4.79 Å². The third-order valence-electron chi connectivity index (χ3n) is 2.98. The molecule has 0 saturated heterocycles. The van der Waals surface area contributed by atoms with E-state index < -0.39 is 0 Å². The number of pyridine rings is 1. The molecule has 0 fully saturated rings. The Morgan fingerprint density at radius 1 is 1.35 bits per heavy atom. The number of nitriles is 1. The maximum atomic E-state index is 11.9. The van der Waals surface area contributed by atoms with Gasteiger partial charge in [-0.1, -0.05) is 0 Å². The third kappa shape index (κ3) is 3.89. The van der Waals surface area contributed by atoms with Crippen LogP contribution in [0, 0.1) is 18.3 Å². The van der Waals surface area contributed by atoms with Gasteiger partial charge in [-0.2, -0.15) is 15.0 Å². The largest absolute Gasteiger partial charge is 0.493 e. The Balaban J connectivity index is 2.30. The summed E-state index contributed by atoms with van der Waals surface area (Å²) in [5.41, 5.74) is 6.96. The second-order valence-electron chi connectivity index (χ2n) is 4.71. The molecule has 0 aliphatic rings. The molecule has 1 aromatic carbocycles. The number of hydrogen-bond donors (Lipinski definition) is 1. The first kappa shape index (κ1) is 16.1. The number of nitrogens with two attached hydrogens (primary N) is 1. The van der Waals surface area contributed by atoms with E-state index in [4.69, 9.17) is 20.5 Å². The van der Waals surface area contributed by atoms with Gasteiger partial charge in [-0.3, -0.25) is 4.79 Å². The molecular weight excluding hydrogens is 296 g/mol. The summed E-state index contributed by atoms with van der Waals surface area (Å²) >= 11 is 0. The summed E-state index contributed by atoms with van der Waals surface area (Å²) in [6.07, 6.45) is 1.49. The predicted octanol–water partition coefficient (Wildman–Crippen LogP) is 1.53. The van der Waals surface area contributed by atoms with Crippen LogP contribution in [0.4, 0.5) is 5.82 Å². The number of ether oxygens (including phenoxy) is 2. The van der Waals surface area contributed by atoms with Gasteiger partial charge in [-0.25, -0.2) is 0 Å². The lowest BCUT2D eigenvalue weighted by molar-refractivity contribution is 0.329. The van der Waals surface area contributed by atoms with Crippen molar-refractivity contribution in [3.8, 4) is 17.6 Å². The number of benzene rings is 1. The smallest absolute Gasteiger partial charge is 0.273 e. The maximum Gasteiger partial charge on any atom is 0.273 e. The van der Waals surface area contributed by atoms with Crippen molar-refractivity contribution in [1.82, 2.24) is 4.68 Å². The lowest BCUT2D eigenvalue weighted by Gasteiger charge is -2.09. The number of rotatable bonds is 5. The fourth-order valence-electron chi connectivity index (χ4n) is 1.96. The van der Waals surface area contributed by atoms with Crippen molar-refractivity contribution >= 4 is 12.0 Å². The lowest BCUT2D eigenvalue weighted by Crippen LogP contribution is -2.19. The van der Waals surface area contributed by atoms with Crippen LogP contribution in [-0.2, 0) is 0 Å². The standard InChI is InChI=1S/C16H16N4O3/c1-11-7-15(18)20(16(21)8-11)19-10-12-3-4-13(23-6-5-17)14(9-12)22-2/h3-4,7-10H,6,18H2,1-2H3/b19-10-. The summed E-state index contributed by atoms with van der Waals surface area (Å²) in [5, 5.41) is 12.6. The molecule has 0 amide bonds. The van der Waals surface area contributed by atoms with Crippen molar-refractivity contribution in [2.75, 3.05) is 19.5 Å². The van der Waals surface area contributed by atoms with Crippen LogP contribution in [-0.4, -0.2) is 24.6 Å². The van der Waals surface area contributed by atoms with Gasteiger partial charge in [0.25, 0.3) is 5.56 Å². The van der Waals surface area contributed by atoms with Gasteiger partial charge in [0.15, 0.2) is 18.1 Å². The van der Waals surface area contributed by atoms with E-state index in [-0.39, 0.29) is 18.0 Å². The SMILES string of the molecule is COc1cc(/C=N\n2c(N)cc(C)cc2=O)ccc1OCC#N. The van der Waals surface area contributed by atoms with Gasteiger partial charge in [-0.15, -0.1) is 0 Å². The van der Waals surface area contributed by atoms with Crippen LogP contribution in [0.5, 0.6) is 11.5 Å². The number of anilines is 1. The van der Waals surface area contributed by atoms with Crippen molar-refractivity contribution in [2.45, 2.75) is 6.92 Å². The molecule has 1 heterocycles. The van der Waals surface area contributed by atoms with Crippen LogP contribution >= 0.6 is 0 Å². The van der Waals surface area contributed by atoms with Gasteiger partial charge in [0.1, 0.15) is 11.9 Å². The number of nitrogen functional groups attached to an aromatic ring is 1. The Morgan fingerprint density at radius 3 is 2.78 bits per heavy atom. The quantitative estimate of drug-likeness (QED) is 0.843. The molecule has 0 saturated carbocycles. The summed E-state index contributed by atoms with van der Waals surface area (Å²) < 4.78 is 11.6. The van der Waals surface area contributed by atoms with Crippen LogP contribution in [0.15, 0.2) is 40.2 Å². The summed E-state index contributed by atoms with van der Waals surface area (Å²) in [4.78, 5) is 11.9. The Labute approximate surface area is 133 Å². The molecule has 118 valence electrons. The molecule has 0 aliphatic carbocycles. The first-order chi connectivity index (χ1) is 11.0. The first-order valence-corrected chi connectivity index (χ1v) is 6.76. The third-order valence-corrected chi connectivity index (χ3v) is 2.98. The van der Waals surface area contributed by atoms with Crippen molar-refractivity contribution in [1.29, 1.82) is 5.26 Å². The number of hydrogen-bond acceptors (Lipinski definition) is 6. The predicted molar refractivity (Wildman–Crippen MR) is 86.9 cm³/mol. The van der Waals surface area contributed by atoms with Crippen LogP contribution in [0.25, 0.3) is 0 Å². The second kappa shape index (κ2) is 7.13. The van der Waals surface area contributed by atoms with Gasteiger partial charge >= 0.3 is 0 Å². The van der Waals surface area contributed by atoms with Crippen LogP contribution in [0.3, 0.4) is 0 Å². The van der Waals surface area contributed by atoms with Crippen molar-refractivity contribution in [2.24, 2.45) is 5.10 Å². The van der Waals surface area contributed by atoms with E-state index in [1.165, 1.54) is 19.4 Å². The van der Waals surface area contributed by atoms with Gasteiger partial charge in [0.05, 0.1) is 13.3 Å². The number of aromatic nitrogens is 1. The highest BCUT2D eigenvalue weighted by atomic mass is 16.5. The molecule has 2 aromatic rings. The zero-order valence-electron chi connectivity index (χ0n) is 12.8. The lowest BCUT2D eigenvalue weighted by atomic mass is 10.2. The van der Waals surface area contributed by atoms with E-state index in [1.54, 1.807) is 31.2 Å². The van der Waals surface area contributed by atoms with Crippen LogP contribution in [0.2, 0.25) is 0 Å². The van der Waals surface area contributed by atoms with Crippen LogP contribution in [0.1, 0.15) is 11.1 Å². The molecule has 2 rings (SSSR count). The Hall–Kier alpha value is -3.27. The minimum Gasteiger partial charge on any atom is -0.493 e. The zero-order chi connectivity index (χ0) is 16.8. The highest BCUT2D eigenvalue weighted by Crippen LogP contribution is 2.27. The van der Waals surface area contributed by atoms with E-state index >= 15 is 0 Å². The first-order valence-electron chi connectivity index (χ1n) is 6.76. The van der Waals surface area contributed by atoms with E-state index in [1.807, 2.05) is 6.07 Å². The highest BCUT2D eigenvalue weighted by Gasteiger charge is 2.05. The Kier molecular flexibility index (Phi) is 5.00. The topological polar surface area (TPSA) is 103 Å². The molecule has 7 nitrogen and oxygen atoms in total. The molecule has 0 spiro atoms. The molecule has 0 radical (unpaired) electrons. The monoisotopic (exact) mass is 312 g/mol. The summed E-state index contributed by atoms with van der Waals surface area (Å²) in [7, 11) is 1.50. The highest BCUT2D eigenvalue weighted by molar-refractivity contribution is 5.81. The molecular formula is C16H16N4O3. The molecule has 0 unspecified atom stereocenters. The molecule has 23 heavy (non-hydrogen) atoms. The van der Waals surface area contributed by atoms with Gasteiger partial charge in [0, 0.05) is 6.07 Å². The summed E-state index contributed by atoms with van der Waals surface area (Å²) in [5.74, 6) is 1.18. The molecule has 0 bridgehead atoms. The van der Waals surface area contributed by atoms with E-state index in [0.717, 1.165) is 10.2 Å². The average molecular weight is 312 g/mol. The Bertz CT molecular complexity index is 834. The van der Waals surface area contributed by atoms with Gasteiger partial charge < -0.3 is 15.2 Å². The van der Waals surface area contributed by atoms with Gasteiger partial charge in [0.2, 0.25) is 0 Å². The number of aryl methyl sites for hydroxylation is 1. The molecule has 2 N–H and O–H groups in total. The molecule has 7 heteroatoms. The summed E-state index contributed by atoms with van der Waals surface area (Å²) in [6, 6.07) is 10.1. The van der Waals surface area contributed by atoms with Gasteiger partial charge in [-0.05, 0) is 42.3 Å². The zero-order valence-corrected chi connectivity index (χ0v) is 12.8. The van der Waals surface area contributed by atoms with Crippen molar-refractivity contribution < 1.29 is 9.47 Å². The fourth-order valence-corrected chi connectivity index (χ4v) is 1.96. The maximum absolute atomic E-state index is 11.9. The van der Waals surface area contributed by atoms with Crippen LogP contribution < -0.4 is 20.8 Å². The normalized spacial score (nSPS) is 10.5. The number of methoxy groups -OCH3 is 1. The minimum absolute atomic E-state index is 0.0703. The van der Waals surface area contributed by atoms with Crippen molar-refractivity contribution in [3.63, 3.8) is 0 Å². The minimum atomic E-state index is -0.306. The molecule has 1 aromatic heterocycles. The fraction of sp³-hybridized carbons (Fsp3) is 0.188. The van der Waals surface area contributed by atoms with E-state index in [0.29, 0.717) is 17.1 Å². The van der Waals surface area contributed by atoms with E-state index in [2.05, 4.69) is 5.10 Å². The second-order valence-corrected chi connectivity index (χ2v) is 4.71. The molecule has 0 aliphatic heterocycles. The number of nitrogens with zero attached hydrogens (tertiary/aromatic N) is 3. The molecule has 0 atom stereocenters. The summed E-state index contributed by atoms with van der Waals surface area (Å²) in [6.45, 7) is 1.72.